The molecule has 0 amide bonds. The van der Waals surface area contributed by atoms with Gasteiger partial charge >= 0.3 is 5.97 Å². The van der Waals surface area contributed by atoms with Crippen LogP contribution in [0.1, 0.15) is 32.1 Å². The molecule has 1 unspecified atom stereocenters. The SMILES string of the molecule is O=C(O)CCC1CCCCN1c1ncns1. The van der Waals surface area contributed by atoms with Gasteiger partial charge in [-0.1, -0.05) is 0 Å². The first kappa shape index (κ1) is 11.3. The van der Waals surface area contributed by atoms with Crippen LogP contribution in [0.4, 0.5) is 5.13 Å². The van der Waals surface area contributed by atoms with Crippen LogP contribution in [0.15, 0.2) is 6.33 Å². The summed E-state index contributed by atoms with van der Waals surface area (Å²) >= 11 is 1.38. The first-order valence-electron chi connectivity index (χ1n) is 5.52. The van der Waals surface area contributed by atoms with Gasteiger partial charge in [0, 0.05) is 30.5 Å². The number of carboxylic acids is 1. The van der Waals surface area contributed by atoms with Crippen molar-refractivity contribution in [1.29, 1.82) is 0 Å². The zero-order chi connectivity index (χ0) is 11.4. The van der Waals surface area contributed by atoms with E-state index in [9.17, 15) is 4.79 Å². The lowest BCUT2D eigenvalue weighted by molar-refractivity contribution is -0.137. The Kier molecular flexibility index (Phi) is 3.71. The van der Waals surface area contributed by atoms with E-state index in [0.29, 0.717) is 12.5 Å². The molecule has 88 valence electrons. The molecule has 6 heteroatoms. The Morgan fingerprint density at radius 2 is 2.50 bits per heavy atom. The van der Waals surface area contributed by atoms with Crippen LogP contribution >= 0.6 is 11.5 Å². The van der Waals surface area contributed by atoms with E-state index in [4.69, 9.17) is 5.11 Å². The van der Waals surface area contributed by atoms with E-state index in [1.807, 2.05) is 0 Å². The van der Waals surface area contributed by atoms with Crippen molar-refractivity contribution < 1.29 is 9.90 Å². The molecular formula is C10H15N3O2S. The molecule has 1 atom stereocenters. The Bertz CT molecular complexity index is 342. The van der Waals surface area contributed by atoms with Gasteiger partial charge in [0.2, 0.25) is 5.13 Å². The molecule has 0 aliphatic carbocycles. The van der Waals surface area contributed by atoms with Crippen LogP contribution in [0, 0.1) is 0 Å². The average Bonchev–Trinajstić information content (AvgIpc) is 2.80. The van der Waals surface area contributed by atoms with E-state index in [-0.39, 0.29) is 6.42 Å². The first-order valence-corrected chi connectivity index (χ1v) is 6.30. The lowest BCUT2D eigenvalue weighted by Crippen LogP contribution is -2.39. The number of piperidine rings is 1. The third kappa shape index (κ3) is 2.69. The molecular weight excluding hydrogens is 226 g/mol. The second-order valence-corrected chi connectivity index (χ2v) is 4.76. The van der Waals surface area contributed by atoms with Crippen molar-refractivity contribution >= 4 is 22.6 Å². The summed E-state index contributed by atoms with van der Waals surface area (Å²) in [6.45, 7) is 0.972. The molecule has 1 aromatic rings. The summed E-state index contributed by atoms with van der Waals surface area (Å²) in [6, 6.07) is 0.317. The number of rotatable bonds is 4. The maximum atomic E-state index is 10.6. The van der Waals surface area contributed by atoms with Gasteiger partial charge in [0.15, 0.2) is 0 Å². The van der Waals surface area contributed by atoms with Gasteiger partial charge < -0.3 is 10.0 Å². The molecule has 1 fully saturated rings. The summed E-state index contributed by atoms with van der Waals surface area (Å²) in [4.78, 5) is 17.0. The van der Waals surface area contributed by atoms with Crippen molar-refractivity contribution in [2.45, 2.75) is 38.1 Å². The van der Waals surface area contributed by atoms with Gasteiger partial charge in [-0.3, -0.25) is 4.79 Å². The summed E-state index contributed by atoms with van der Waals surface area (Å²) < 4.78 is 4.00. The fraction of sp³-hybridized carbons (Fsp3) is 0.700. The molecule has 2 rings (SSSR count). The van der Waals surface area contributed by atoms with Crippen molar-refractivity contribution in [3.8, 4) is 0 Å². The third-order valence-corrected chi connectivity index (χ3v) is 3.62. The second kappa shape index (κ2) is 5.25. The van der Waals surface area contributed by atoms with Crippen molar-refractivity contribution in [3.05, 3.63) is 6.33 Å². The van der Waals surface area contributed by atoms with Crippen LogP contribution in [0.25, 0.3) is 0 Å². The number of nitrogens with zero attached hydrogens (tertiary/aromatic N) is 3. The van der Waals surface area contributed by atoms with Gasteiger partial charge in [-0.05, 0) is 25.7 Å². The van der Waals surface area contributed by atoms with Crippen LogP contribution in [-0.2, 0) is 4.79 Å². The predicted molar refractivity (Wildman–Crippen MR) is 61.8 cm³/mol. The Labute approximate surface area is 98.3 Å². The largest absolute Gasteiger partial charge is 0.481 e. The Balaban J connectivity index is 2.00. The zero-order valence-corrected chi connectivity index (χ0v) is 9.82. The van der Waals surface area contributed by atoms with Crippen molar-refractivity contribution in [1.82, 2.24) is 9.36 Å². The van der Waals surface area contributed by atoms with E-state index in [2.05, 4.69) is 14.3 Å². The molecule has 0 radical (unpaired) electrons. The number of aromatic nitrogens is 2. The summed E-state index contributed by atoms with van der Waals surface area (Å²) in [5, 5.41) is 9.64. The monoisotopic (exact) mass is 241 g/mol. The molecule has 1 aliphatic rings. The van der Waals surface area contributed by atoms with E-state index in [1.54, 1.807) is 6.33 Å². The number of anilines is 1. The van der Waals surface area contributed by atoms with Crippen LogP contribution in [-0.4, -0.2) is 33.0 Å². The maximum absolute atomic E-state index is 10.6. The molecule has 0 saturated carbocycles. The summed E-state index contributed by atoms with van der Waals surface area (Å²) in [5.41, 5.74) is 0. The molecule has 1 N–H and O–H groups in total. The Hall–Kier alpha value is -1.17. The first-order chi connectivity index (χ1) is 7.77. The third-order valence-electron chi connectivity index (χ3n) is 2.91. The van der Waals surface area contributed by atoms with Crippen molar-refractivity contribution in [2.24, 2.45) is 0 Å². The van der Waals surface area contributed by atoms with E-state index in [1.165, 1.54) is 18.0 Å². The lowest BCUT2D eigenvalue weighted by Gasteiger charge is -2.35. The molecule has 1 saturated heterocycles. The molecule has 0 spiro atoms. The standard InChI is InChI=1S/C10H15N3O2S/c14-9(15)5-4-8-3-1-2-6-13(8)10-11-7-12-16-10/h7-8H,1-6H2,(H,14,15). The Morgan fingerprint density at radius 1 is 1.62 bits per heavy atom. The Morgan fingerprint density at radius 3 is 3.19 bits per heavy atom. The fourth-order valence-electron chi connectivity index (χ4n) is 2.14. The number of hydrogen-bond acceptors (Lipinski definition) is 5. The maximum Gasteiger partial charge on any atom is 0.303 e. The zero-order valence-electron chi connectivity index (χ0n) is 9.00. The average molecular weight is 241 g/mol. The second-order valence-electron chi connectivity index (χ2n) is 4.00. The predicted octanol–water partition coefficient (Wildman–Crippen LogP) is 1.76. The fourth-order valence-corrected chi connectivity index (χ4v) is 2.76. The molecule has 16 heavy (non-hydrogen) atoms. The van der Waals surface area contributed by atoms with Crippen LogP contribution in [0.5, 0.6) is 0 Å². The number of hydrogen-bond donors (Lipinski definition) is 1. The van der Waals surface area contributed by atoms with Crippen LogP contribution in [0.3, 0.4) is 0 Å². The summed E-state index contributed by atoms with van der Waals surface area (Å²) in [7, 11) is 0. The van der Waals surface area contributed by atoms with Gasteiger partial charge in [-0.15, -0.1) is 0 Å². The minimum absolute atomic E-state index is 0.236. The molecule has 0 aromatic carbocycles. The highest BCUT2D eigenvalue weighted by Gasteiger charge is 2.24. The topological polar surface area (TPSA) is 66.3 Å². The van der Waals surface area contributed by atoms with E-state index in [0.717, 1.165) is 24.5 Å². The van der Waals surface area contributed by atoms with Crippen molar-refractivity contribution in [3.63, 3.8) is 0 Å². The molecule has 0 bridgehead atoms. The molecule has 5 nitrogen and oxygen atoms in total. The minimum atomic E-state index is -0.720. The normalized spacial score (nSPS) is 21.0. The quantitative estimate of drug-likeness (QED) is 0.870. The van der Waals surface area contributed by atoms with Gasteiger partial charge in [0.05, 0.1) is 0 Å². The molecule has 2 heterocycles. The van der Waals surface area contributed by atoms with Crippen molar-refractivity contribution in [2.75, 3.05) is 11.4 Å². The van der Waals surface area contributed by atoms with Crippen LogP contribution < -0.4 is 4.90 Å². The summed E-state index contributed by atoms with van der Waals surface area (Å²) in [6.07, 6.45) is 5.90. The van der Waals surface area contributed by atoms with E-state index < -0.39 is 5.97 Å². The lowest BCUT2D eigenvalue weighted by atomic mass is 9.98. The van der Waals surface area contributed by atoms with Gasteiger partial charge in [-0.25, -0.2) is 4.98 Å². The number of aliphatic carboxylic acids is 1. The van der Waals surface area contributed by atoms with E-state index >= 15 is 0 Å². The van der Waals surface area contributed by atoms with Crippen LogP contribution in [0.2, 0.25) is 0 Å². The highest BCUT2D eigenvalue weighted by Crippen LogP contribution is 2.27. The van der Waals surface area contributed by atoms with Gasteiger partial charge in [0.25, 0.3) is 0 Å². The number of carboxylic acid groups (broad SMARTS) is 1. The highest BCUT2D eigenvalue weighted by atomic mass is 32.1. The van der Waals surface area contributed by atoms with Gasteiger partial charge in [-0.2, -0.15) is 4.37 Å². The minimum Gasteiger partial charge on any atom is -0.481 e. The molecule has 1 aromatic heterocycles. The number of carbonyl (C=O) groups is 1. The molecule has 1 aliphatic heterocycles. The highest BCUT2D eigenvalue weighted by molar-refractivity contribution is 7.09. The summed E-state index contributed by atoms with van der Waals surface area (Å²) in [5.74, 6) is -0.720. The smallest absolute Gasteiger partial charge is 0.303 e. The van der Waals surface area contributed by atoms with Gasteiger partial charge in [0.1, 0.15) is 6.33 Å².